The summed E-state index contributed by atoms with van der Waals surface area (Å²) in [5.41, 5.74) is 0.727. The topological polar surface area (TPSA) is 29.5 Å². The molecule has 3 heteroatoms. The van der Waals surface area contributed by atoms with Gasteiger partial charge in [-0.15, -0.1) is 0 Å². The normalized spacial score (nSPS) is 14.8. The van der Waals surface area contributed by atoms with Crippen molar-refractivity contribution in [2.75, 3.05) is 14.2 Å². The molecule has 0 radical (unpaired) electrons. The molecule has 0 N–H and O–H groups in total. The van der Waals surface area contributed by atoms with Gasteiger partial charge in [-0.2, -0.15) is 0 Å². The van der Waals surface area contributed by atoms with Gasteiger partial charge in [0.1, 0.15) is 5.75 Å². The first-order valence-corrected chi connectivity index (χ1v) is 5.13. The first-order chi connectivity index (χ1) is 7.22. The summed E-state index contributed by atoms with van der Waals surface area (Å²) in [5.74, 6) is 0.876. The summed E-state index contributed by atoms with van der Waals surface area (Å²) in [6.07, 6.45) is 2.27. The third kappa shape index (κ3) is 2.12. The van der Waals surface area contributed by atoms with Crippen LogP contribution in [-0.2, 0) is 0 Å². The molecule has 80 valence electrons. The van der Waals surface area contributed by atoms with Crippen LogP contribution >= 0.6 is 0 Å². The zero-order valence-electron chi connectivity index (χ0n) is 9.06. The van der Waals surface area contributed by atoms with E-state index in [1.165, 1.54) is 0 Å². The lowest BCUT2D eigenvalue weighted by molar-refractivity contribution is 0.0785. The van der Waals surface area contributed by atoms with Gasteiger partial charge in [-0.3, -0.25) is 4.79 Å². The largest absolute Gasteiger partial charge is 0.497 e. The number of benzene rings is 1. The highest BCUT2D eigenvalue weighted by Crippen LogP contribution is 2.26. The Labute approximate surface area is 89.7 Å². The molecule has 1 aliphatic carbocycles. The zero-order valence-corrected chi connectivity index (χ0v) is 9.06. The maximum Gasteiger partial charge on any atom is 0.253 e. The van der Waals surface area contributed by atoms with Crippen LogP contribution in [0.5, 0.6) is 5.75 Å². The number of nitrogens with zero attached hydrogens (tertiary/aromatic N) is 1. The molecule has 0 spiro atoms. The Balaban J connectivity index is 2.10. The third-order valence-corrected chi connectivity index (χ3v) is 2.75. The van der Waals surface area contributed by atoms with E-state index in [4.69, 9.17) is 4.74 Å². The van der Waals surface area contributed by atoms with Crippen LogP contribution in [-0.4, -0.2) is 31.0 Å². The molecule has 1 saturated carbocycles. The van der Waals surface area contributed by atoms with Crippen LogP contribution in [0.15, 0.2) is 24.3 Å². The van der Waals surface area contributed by atoms with Gasteiger partial charge in [-0.25, -0.2) is 0 Å². The van der Waals surface area contributed by atoms with Crippen LogP contribution in [0.1, 0.15) is 23.2 Å². The molecule has 0 atom stereocenters. The molecule has 15 heavy (non-hydrogen) atoms. The van der Waals surface area contributed by atoms with Crippen molar-refractivity contribution in [2.45, 2.75) is 18.9 Å². The number of rotatable bonds is 3. The van der Waals surface area contributed by atoms with Crippen molar-refractivity contribution in [1.82, 2.24) is 4.90 Å². The van der Waals surface area contributed by atoms with Gasteiger partial charge >= 0.3 is 0 Å². The van der Waals surface area contributed by atoms with Gasteiger partial charge < -0.3 is 9.64 Å². The van der Waals surface area contributed by atoms with Crippen molar-refractivity contribution in [3.63, 3.8) is 0 Å². The van der Waals surface area contributed by atoms with E-state index in [0.717, 1.165) is 24.2 Å². The number of ether oxygens (including phenoxy) is 1. The van der Waals surface area contributed by atoms with Gasteiger partial charge in [0.15, 0.2) is 0 Å². The summed E-state index contributed by atoms with van der Waals surface area (Å²) in [7, 11) is 3.48. The number of carbonyl (C=O) groups excluding carboxylic acids is 1. The fourth-order valence-electron chi connectivity index (χ4n) is 1.56. The average Bonchev–Trinajstić information content (AvgIpc) is 3.11. The van der Waals surface area contributed by atoms with Gasteiger partial charge in [-0.1, -0.05) is 0 Å². The van der Waals surface area contributed by atoms with Crippen molar-refractivity contribution in [1.29, 1.82) is 0 Å². The summed E-state index contributed by atoms with van der Waals surface area (Å²) < 4.78 is 5.04. The molecule has 0 aliphatic heterocycles. The van der Waals surface area contributed by atoms with E-state index in [2.05, 4.69) is 0 Å². The predicted octanol–water partition coefficient (Wildman–Crippen LogP) is 1.93. The number of hydrogen-bond donors (Lipinski definition) is 0. The molecular formula is C12H15NO2. The summed E-state index contributed by atoms with van der Waals surface area (Å²) >= 11 is 0. The lowest BCUT2D eigenvalue weighted by Crippen LogP contribution is -2.28. The van der Waals surface area contributed by atoms with Gasteiger partial charge in [0.2, 0.25) is 0 Å². The van der Waals surface area contributed by atoms with Crippen LogP contribution in [0, 0.1) is 0 Å². The van der Waals surface area contributed by atoms with Gasteiger partial charge in [0.05, 0.1) is 7.11 Å². The molecule has 0 bridgehead atoms. The fraction of sp³-hybridized carbons (Fsp3) is 0.417. The Morgan fingerprint density at radius 1 is 1.33 bits per heavy atom. The molecule has 0 heterocycles. The minimum atomic E-state index is 0.0974. The van der Waals surface area contributed by atoms with Crippen molar-refractivity contribution in [3.05, 3.63) is 29.8 Å². The summed E-state index contributed by atoms with van der Waals surface area (Å²) in [5, 5.41) is 0. The third-order valence-electron chi connectivity index (χ3n) is 2.75. The number of methoxy groups -OCH3 is 1. The SMILES string of the molecule is COc1ccc(C(=O)N(C)C2CC2)cc1. The smallest absolute Gasteiger partial charge is 0.253 e. The highest BCUT2D eigenvalue weighted by Gasteiger charge is 2.29. The Bertz CT molecular complexity index is 354. The monoisotopic (exact) mass is 205 g/mol. The second kappa shape index (κ2) is 3.93. The van der Waals surface area contributed by atoms with E-state index in [9.17, 15) is 4.79 Å². The van der Waals surface area contributed by atoms with Crippen LogP contribution in [0.2, 0.25) is 0 Å². The zero-order chi connectivity index (χ0) is 10.8. The van der Waals surface area contributed by atoms with E-state index in [1.54, 1.807) is 19.2 Å². The lowest BCUT2D eigenvalue weighted by atomic mass is 10.2. The molecular weight excluding hydrogens is 190 g/mol. The Morgan fingerprint density at radius 3 is 2.40 bits per heavy atom. The first kappa shape index (κ1) is 10.0. The number of hydrogen-bond acceptors (Lipinski definition) is 2. The minimum Gasteiger partial charge on any atom is -0.497 e. The van der Waals surface area contributed by atoms with E-state index >= 15 is 0 Å². The lowest BCUT2D eigenvalue weighted by Gasteiger charge is -2.16. The van der Waals surface area contributed by atoms with Gasteiger partial charge in [-0.05, 0) is 37.1 Å². The molecule has 1 aromatic rings. The van der Waals surface area contributed by atoms with Crippen LogP contribution in [0.25, 0.3) is 0 Å². The van der Waals surface area contributed by atoms with Crippen LogP contribution < -0.4 is 4.74 Å². The van der Waals surface area contributed by atoms with Crippen molar-refractivity contribution >= 4 is 5.91 Å². The summed E-state index contributed by atoms with van der Waals surface area (Å²) in [6, 6.07) is 7.70. The molecule has 2 rings (SSSR count). The summed E-state index contributed by atoms with van der Waals surface area (Å²) in [4.78, 5) is 13.7. The molecule has 1 aromatic carbocycles. The van der Waals surface area contributed by atoms with Crippen molar-refractivity contribution < 1.29 is 9.53 Å². The molecule has 0 saturated heterocycles. The molecule has 1 amide bonds. The Kier molecular flexibility index (Phi) is 2.62. The highest BCUT2D eigenvalue weighted by atomic mass is 16.5. The van der Waals surface area contributed by atoms with Crippen molar-refractivity contribution in [3.8, 4) is 5.75 Å². The summed E-state index contributed by atoms with van der Waals surface area (Å²) in [6.45, 7) is 0. The first-order valence-electron chi connectivity index (χ1n) is 5.13. The molecule has 0 aromatic heterocycles. The maximum atomic E-state index is 11.9. The molecule has 1 fully saturated rings. The fourth-order valence-corrected chi connectivity index (χ4v) is 1.56. The van der Waals surface area contributed by atoms with E-state index in [-0.39, 0.29) is 5.91 Å². The van der Waals surface area contributed by atoms with Crippen LogP contribution in [0.3, 0.4) is 0 Å². The highest BCUT2D eigenvalue weighted by molar-refractivity contribution is 5.94. The second-order valence-electron chi connectivity index (χ2n) is 3.88. The van der Waals surface area contributed by atoms with E-state index in [1.807, 2.05) is 24.1 Å². The maximum absolute atomic E-state index is 11.9. The second-order valence-corrected chi connectivity index (χ2v) is 3.88. The Morgan fingerprint density at radius 2 is 1.93 bits per heavy atom. The average molecular weight is 205 g/mol. The van der Waals surface area contributed by atoms with Gasteiger partial charge in [0, 0.05) is 18.7 Å². The van der Waals surface area contributed by atoms with E-state index < -0.39 is 0 Å². The van der Waals surface area contributed by atoms with Crippen LogP contribution in [0.4, 0.5) is 0 Å². The molecule has 0 unspecified atom stereocenters. The van der Waals surface area contributed by atoms with Crippen molar-refractivity contribution in [2.24, 2.45) is 0 Å². The standard InChI is InChI=1S/C12H15NO2/c1-13(10-5-6-10)12(14)9-3-7-11(15-2)8-4-9/h3-4,7-8,10H,5-6H2,1-2H3. The van der Waals surface area contributed by atoms with Gasteiger partial charge in [0.25, 0.3) is 5.91 Å². The molecule has 3 nitrogen and oxygen atoms in total. The quantitative estimate of drug-likeness (QED) is 0.754. The number of carbonyl (C=O) groups is 1. The Hall–Kier alpha value is -1.51. The number of amides is 1. The predicted molar refractivity (Wildman–Crippen MR) is 58.1 cm³/mol. The van der Waals surface area contributed by atoms with E-state index in [0.29, 0.717) is 6.04 Å². The molecule has 1 aliphatic rings. The minimum absolute atomic E-state index is 0.0974.